The molecule has 158 valence electrons. The number of aliphatic hydroxyl groups is 2. The first-order valence-electron chi connectivity index (χ1n) is 9.99. The Labute approximate surface area is 175 Å². The fourth-order valence-electron chi connectivity index (χ4n) is 2.71. The van der Waals surface area contributed by atoms with Crippen molar-refractivity contribution in [3.8, 4) is 16.9 Å². The second-order valence-electron chi connectivity index (χ2n) is 8.70. The molecule has 0 heterocycles. The Kier molecular flexibility index (Phi) is 7.63. The van der Waals surface area contributed by atoms with E-state index in [1.165, 1.54) is 4.90 Å². The van der Waals surface area contributed by atoms with Crippen LogP contribution in [0.3, 0.4) is 0 Å². The fraction of sp³-hybridized carbons (Fsp3) is 0.435. The first-order valence-corrected chi connectivity index (χ1v) is 12.9. The van der Waals surface area contributed by atoms with Crippen LogP contribution < -0.4 is 4.43 Å². The monoisotopic (exact) mass is 415 g/mol. The second-order valence-corrected chi connectivity index (χ2v) is 13.4. The largest absolute Gasteiger partial charge is 0.544 e. The Morgan fingerprint density at radius 1 is 0.897 bits per heavy atom. The van der Waals surface area contributed by atoms with Crippen LogP contribution in [0.15, 0.2) is 48.5 Å². The first-order chi connectivity index (χ1) is 13.6. The molecule has 0 unspecified atom stereocenters. The zero-order valence-electron chi connectivity index (χ0n) is 18.1. The summed E-state index contributed by atoms with van der Waals surface area (Å²) in [5, 5.41) is 18.4. The Morgan fingerprint density at radius 2 is 1.34 bits per heavy atom. The van der Waals surface area contributed by atoms with Gasteiger partial charge < -0.3 is 19.5 Å². The van der Waals surface area contributed by atoms with E-state index in [9.17, 15) is 4.79 Å². The maximum atomic E-state index is 12.5. The molecule has 0 aliphatic carbocycles. The Hall–Kier alpha value is -2.15. The molecule has 29 heavy (non-hydrogen) atoms. The standard InChI is InChI=1S/C23H33NO4Si/c1-23(2,3)29(4,5)28-21-12-10-19(11-13-21)18-6-8-20(9-7-18)22(27)24(14-16-25)15-17-26/h6-13,25-26H,14-17H2,1-5H3. The van der Waals surface area contributed by atoms with Crippen molar-refractivity contribution in [2.45, 2.75) is 38.9 Å². The van der Waals surface area contributed by atoms with E-state index in [1.54, 1.807) is 12.1 Å². The van der Waals surface area contributed by atoms with Crippen LogP contribution in [0, 0.1) is 0 Å². The predicted octanol–water partition coefficient (Wildman–Crippen LogP) is 4.16. The average molecular weight is 416 g/mol. The van der Waals surface area contributed by atoms with Gasteiger partial charge in [-0.2, -0.15) is 0 Å². The highest BCUT2D eigenvalue weighted by Gasteiger charge is 2.38. The molecule has 0 aliphatic rings. The van der Waals surface area contributed by atoms with Crippen molar-refractivity contribution in [1.82, 2.24) is 4.90 Å². The highest BCUT2D eigenvalue weighted by molar-refractivity contribution is 6.74. The fourth-order valence-corrected chi connectivity index (χ4v) is 3.74. The van der Waals surface area contributed by atoms with Gasteiger partial charge in [0.1, 0.15) is 5.75 Å². The van der Waals surface area contributed by atoms with Crippen molar-refractivity contribution >= 4 is 14.2 Å². The lowest BCUT2D eigenvalue weighted by Crippen LogP contribution is -2.43. The summed E-state index contributed by atoms with van der Waals surface area (Å²) in [5.41, 5.74) is 2.60. The van der Waals surface area contributed by atoms with Gasteiger partial charge in [-0.25, -0.2) is 0 Å². The molecule has 2 aromatic carbocycles. The molecule has 0 saturated carbocycles. The van der Waals surface area contributed by atoms with Crippen molar-refractivity contribution in [2.75, 3.05) is 26.3 Å². The topological polar surface area (TPSA) is 70.0 Å². The number of nitrogens with zero attached hydrogens (tertiary/aromatic N) is 1. The Balaban J connectivity index is 2.13. The molecule has 2 aromatic rings. The summed E-state index contributed by atoms with van der Waals surface area (Å²) < 4.78 is 6.33. The van der Waals surface area contributed by atoms with E-state index in [1.807, 2.05) is 36.4 Å². The average Bonchev–Trinajstić information content (AvgIpc) is 2.67. The molecule has 0 aliphatic heterocycles. The van der Waals surface area contributed by atoms with Gasteiger partial charge in [0.15, 0.2) is 0 Å². The van der Waals surface area contributed by atoms with Crippen LogP contribution in [0.5, 0.6) is 5.75 Å². The van der Waals surface area contributed by atoms with E-state index in [4.69, 9.17) is 14.6 Å². The van der Waals surface area contributed by atoms with Crippen molar-refractivity contribution in [3.63, 3.8) is 0 Å². The Bertz CT molecular complexity index is 789. The van der Waals surface area contributed by atoms with Gasteiger partial charge in [0.05, 0.1) is 13.2 Å². The SMILES string of the molecule is CC(C)(C)[Si](C)(C)Oc1ccc(-c2ccc(C(=O)N(CCO)CCO)cc2)cc1. The number of aliphatic hydroxyl groups excluding tert-OH is 2. The van der Waals surface area contributed by atoms with Crippen molar-refractivity contribution in [1.29, 1.82) is 0 Å². The number of benzene rings is 2. The van der Waals surface area contributed by atoms with Gasteiger partial charge in [0.25, 0.3) is 5.91 Å². The summed E-state index contributed by atoms with van der Waals surface area (Å²) in [6.45, 7) is 11.3. The first kappa shape index (κ1) is 23.1. The lowest BCUT2D eigenvalue weighted by molar-refractivity contribution is 0.0685. The molecule has 0 bridgehead atoms. The molecule has 0 radical (unpaired) electrons. The smallest absolute Gasteiger partial charge is 0.254 e. The molecule has 0 fully saturated rings. The quantitative estimate of drug-likeness (QED) is 0.635. The van der Waals surface area contributed by atoms with Crippen molar-refractivity contribution < 1.29 is 19.4 Å². The van der Waals surface area contributed by atoms with E-state index in [0.717, 1.165) is 16.9 Å². The van der Waals surface area contributed by atoms with Gasteiger partial charge in [-0.15, -0.1) is 0 Å². The molecular formula is C23H33NO4Si. The maximum Gasteiger partial charge on any atom is 0.254 e. The summed E-state index contributed by atoms with van der Waals surface area (Å²) in [4.78, 5) is 14.0. The van der Waals surface area contributed by atoms with Crippen LogP contribution in [0.25, 0.3) is 11.1 Å². The molecule has 0 atom stereocenters. The van der Waals surface area contributed by atoms with Crippen molar-refractivity contribution in [3.05, 3.63) is 54.1 Å². The molecule has 0 saturated heterocycles. The van der Waals surface area contributed by atoms with E-state index in [-0.39, 0.29) is 37.2 Å². The molecular weight excluding hydrogens is 382 g/mol. The minimum atomic E-state index is -1.86. The minimum absolute atomic E-state index is 0.132. The molecule has 0 aromatic heterocycles. The van der Waals surface area contributed by atoms with Crippen molar-refractivity contribution in [2.24, 2.45) is 0 Å². The summed E-state index contributed by atoms with van der Waals surface area (Å²) in [7, 11) is -1.86. The van der Waals surface area contributed by atoms with Gasteiger partial charge in [-0.3, -0.25) is 4.79 Å². The summed E-state index contributed by atoms with van der Waals surface area (Å²) in [6.07, 6.45) is 0. The van der Waals surface area contributed by atoms with Gasteiger partial charge in [0, 0.05) is 18.7 Å². The van der Waals surface area contributed by atoms with E-state index >= 15 is 0 Å². The number of hydrogen-bond donors (Lipinski definition) is 2. The van der Waals surface area contributed by atoms with Crippen LogP contribution in [0.4, 0.5) is 0 Å². The summed E-state index contributed by atoms with van der Waals surface area (Å²) >= 11 is 0. The molecule has 5 nitrogen and oxygen atoms in total. The normalized spacial score (nSPS) is 12.0. The van der Waals surface area contributed by atoms with Crippen LogP contribution in [0.2, 0.25) is 18.1 Å². The lowest BCUT2D eigenvalue weighted by Gasteiger charge is -2.36. The maximum absolute atomic E-state index is 12.5. The lowest BCUT2D eigenvalue weighted by atomic mass is 10.0. The zero-order valence-corrected chi connectivity index (χ0v) is 19.1. The van der Waals surface area contributed by atoms with Gasteiger partial charge >= 0.3 is 0 Å². The highest BCUT2D eigenvalue weighted by Crippen LogP contribution is 2.37. The van der Waals surface area contributed by atoms with Gasteiger partial charge in [-0.1, -0.05) is 45.0 Å². The van der Waals surface area contributed by atoms with Crippen LogP contribution in [-0.4, -0.2) is 55.6 Å². The summed E-state index contributed by atoms with van der Waals surface area (Å²) in [5.74, 6) is 0.688. The molecule has 1 amide bonds. The third-order valence-electron chi connectivity index (χ3n) is 5.53. The third-order valence-corrected chi connectivity index (χ3v) is 9.88. The number of carbonyl (C=O) groups excluding carboxylic acids is 1. The molecule has 2 N–H and O–H groups in total. The predicted molar refractivity (Wildman–Crippen MR) is 120 cm³/mol. The van der Waals surface area contributed by atoms with E-state index < -0.39 is 8.32 Å². The second kappa shape index (κ2) is 9.56. The van der Waals surface area contributed by atoms with E-state index in [0.29, 0.717) is 5.56 Å². The van der Waals surface area contributed by atoms with Crippen LogP contribution in [0.1, 0.15) is 31.1 Å². The Morgan fingerprint density at radius 3 is 1.76 bits per heavy atom. The molecule has 6 heteroatoms. The highest BCUT2D eigenvalue weighted by atomic mass is 28.4. The molecule has 0 spiro atoms. The number of rotatable bonds is 8. The van der Waals surface area contributed by atoms with E-state index in [2.05, 4.69) is 33.9 Å². The zero-order chi connectivity index (χ0) is 21.7. The van der Waals surface area contributed by atoms with Gasteiger partial charge in [-0.05, 0) is 53.5 Å². The number of carbonyl (C=O) groups is 1. The number of hydrogen-bond acceptors (Lipinski definition) is 4. The minimum Gasteiger partial charge on any atom is -0.544 e. The molecule has 2 rings (SSSR count). The number of amides is 1. The summed E-state index contributed by atoms with van der Waals surface area (Å²) in [6, 6.07) is 15.4. The van der Waals surface area contributed by atoms with Crippen LogP contribution >= 0.6 is 0 Å². The van der Waals surface area contributed by atoms with Crippen LogP contribution in [-0.2, 0) is 0 Å². The van der Waals surface area contributed by atoms with Gasteiger partial charge in [0.2, 0.25) is 8.32 Å². The third kappa shape index (κ3) is 5.92.